The van der Waals surface area contributed by atoms with Crippen LogP contribution in [-0.4, -0.2) is 39.7 Å². The van der Waals surface area contributed by atoms with Gasteiger partial charge in [0.25, 0.3) is 0 Å². The van der Waals surface area contributed by atoms with E-state index in [2.05, 4.69) is 11.4 Å². The van der Waals surface area contributed by atoms with Gasteiger partial charge in [-0.2, -0.15) is 0 Å². The topological polar surface area (TPSA) is 30.5 Å². The summed E-state index contributed by atoms with van der Waals surface area (Å²) < 4.78 is 23.2. The van der Waals surface area contributed by atoms with Gasteiger partial charge in [-0.3, -0.25) is 4.39 Å². The number of benzene rings is 1. The van der Waals surface area contributed by atoms with Crippen LogP contribution in [0.15, 0.2) is 17.0 Å². The minimum absolute atomic E-state index is 0.281. The van der Waals surface area contributed by atoms with E-state index in [-0.39, 0.29) is 6.67 Å². The maximum Gasteiger partial charge on any atom is 0.132 e. The SMILES string of the molecule is COc1cc(SCCCF)c(OC)cc1CCNCC1CC1. The van der Waals surface area contributed by atoms with Gasteiger partial charge in [-0.1, -0.05) is 0 Å². The molecule has 1 N–H and O–H groups in total. The Kier molecular flexibility index (Phi) is 7.33. The maximum absolute atomic E-state index is 12.2. The minimum Gasteiger partial charge on any atom is -0.496 e. The van der Waals surface area contributed by atoms with Gasteiger partial charge in [-0.25, -0.2) is 0 Å². The van der Waals surface area contributed by atoms with Crippen LogP contribution < -0.4 is 14.8 Å². The van der Waals surface area contributed by atoms with Gasteiger partial charge in [0, 0.05) is 5.75 Å². The molecule has 1 aliphatic carbocycles. The van der Waals surface area contributed by atoms with Gasteiger partial charge in [-0.15, -0.1) is 11.8 Å². The molecule has 0 unspecified atom stereocenters. The predicted octanol–water partition coefficient (Wildman–Crippen LogP) is 3.70. The Morgan fingerprint density at radius 2 is 2.00 bits per heavy atom. The fourth-order valence-electron chi connectivity index (χ4n) is 2.33. The number of halogens is 1. The first kappa shape index (κ1) is 17.4. The molecule has 2 rings (SSSR count). The average Bonchev–Trinajstić information content (AvgIpc) is 3.36. The van der Waals surface area contributed by atoms with E-state index < -0.39 is 0 Å². The third kappa shape index (κ3) is 5.36. The summed E-state index contributed by atoms with van der Waals surface area (Å²) >= 11 is 1.61. The highest BCUT2D eigenvalue weighted by Gasteiger charge is 2.20. The molecule has 3 nitrogen and oxygen atoms in total. The van der Waals surface area contributed by atoms with Crippen molar-refractivity contribution in [3.05, 3.63) is 17.7 Å². The summed E-state index contributed by atoms with van der Waals surface area (Å²) in [5.41, 5.74) is 1.15. The smallest absolute Gasteiger partial charge is 0.132 e. The maximum atomic E-state index is 12.2. The van der Waals surface area contributed by atoms with Crippen molar-refractivity contribution < 1.29 is 13.9 Å². The molecule has 0 radical (unpaired) electrons. The summed E-state index contributed by atoms with van der Waals surface area (Å²) in [6.07, 6.45) is 4.22. The van der Waals surface area contributed by atoms with E-state index >= 15 is 0 Å². The second kappa shape index (κ2) is 9.26. The molecule has 0 atom stereocenters. The first-order valence-electron chi connectivity index (χ1n) is 7.92. The quantitative estimate of drug-likeness (QED) is 0.496. The summed E-state index contributed by atoms with van der Waals surface area (Å²) in [6, 6.07) is 4.06. The number of thioether (sulfide) groups is 1. The molecule has 1 aromatic carbocycles. The lowest BCUT2D eigenvalue weighted by Gasteiger charge is -2.15. The van der Waals surface area contributed by atoms with Crippen molar-refractivity contribution in [1.82, 2.24) is 5.32 Å². The van der Waals surface area contributed by atoms with Crippen molar-refractivity contribution >= 4 is 11.8 Å². The van der Waals surface area contributed by atoms with Gasteiger partial charge >= 0.3 is 0 Å². The first-order valence-corrected chi connectivity index (χ1v) is 8.91. The number of hydrogen-bond donors (Lipinski definition) is 1. The molecule has 22 heavy (non-hydrogen) atoms. The zero-order valence-electron chi connectivity index (χ0n) is 13.5. The molecule has 0 heterocycles. The number of hydrogen-bond acceptors (Lipinski definition) is 4. The van der Waals surface area contributed by atoms with Gasteiger partial charge < -0.3 is 14.8 Å². The third-order valence-electron chi connectivity index (χ3n) is 3.80. The monoisotopic (exact) mass is 327 g/mol. The van der Waals surface area contributed by atoms with Crippen LogP contribution in [0, 0.1) is 5.92 Å². The lowest BCUT2D eigenvalue weighted by Crippen LogP contribution is -2.20. The molecule has 1 aliphatic rings. The highest BCUT2D eigenvalue weighted by Crippen LogP contribution is 2.36. The van der Waals surface area contributed by atoms with Crippen molar-refractivity contribution in [2.45, 2.75) is 30.6 Å². The Bertz CT molecular complexity index is 466. The zero-order valence-corrected chi connectivity index (χ0v) is 14.3. The van der Waals surface area contributed by atoms with Crippen molar-refractivity contribution in [3.63, 3.8) is 0 Å². The van der Waals surface area contributed by atoms with Crippen molar-refractivity contribution in [1.29, 1.82) is 0 Å². The number of methoxy groups -OCH3 is 2. The fourth-order valence-corrected chi connectivity index (χ4v) is 3.28. The highest BCUT2D eigenvalue weighted by molar-refractivity contribution is 7.99. The van der Waals surface area contributed by atoms with E-state index in [0.717, 1.165) is 53.1 Å². The molecule has 0 aromatic heterocycles. The van der Waals surface area contributed by atoms with Crippen LogP contribution in [0.4, 0.5) is 4.39 Å². The molecule has 0 amide bonds. The lowest BCUT2D eigenvalue weighted by atomic mass is 10.1. The van der Waals surface area contributed by atoms with E-state index in [1.165, 1.54) is 12.8 Å². The second-order valence-corrected chi connectivity index (χ2v) is 6.74. The molecular weight excluding hydrogens is 301 g/mol. The molecular formula is C17H26FNO2S. The van der Waals surface area contributed by atoms with E-state index in [9.17, 15) is 4.39 Å². The molecule has 0 spiro atoms. The molecule has 1 fully saturated rings. The van der Waals surface area contributed by atoms with Gasteiger partial charge in [0.2, 0.25) is 0 Å². The molecule has 124 valence electrons. The van der Waals surface area contributed by atoms with Gasteiger partial charge in [0.1, 0.15) is 11.5 Å². The number of rotatable bonds is 11. The number of alkyl halides is 1. The first-order chi connectivity index (χ1) is 10.8. The Morgan fingerprint density at radius 3 is 2.64 bits per heavy atom. The summed E-state index contributed by atoms with van der Waals surface area (Å²) in [4.78, 5) is 1.02. The molecule has 5 heteroatoms. The van der Waals surface area contributed by atoms with Crippen LogP contribution in [0.25, 0.3) is 0 Å². The van der Waals surface area contributed by atoms with Crippen LogP contribution in [0.5, 0.6) is 11.5 Å². The summed E-state index contributed by atoms with van der Waals surface area (Å²) in [5.74, 6) is 3.38. The van der Waals surface area contributed by atoms with Crippen LogP contribution >= 0.6 is 11.8 Å². The van der Waals surface area contributed by atoms with E-state index in [1.807, 2.05) is 6.07 Å². The Hall–Kier alpha value is -0.940. The fraction of sp³-hybridized carbons (Fsp3) is 0.647. The largest absolute Gasteiger partial charge is 0.496 e. The normalized spacial score (nSPS) is 14.1. The third-order valence-corrected chi connectivity index (χ3v) is 4.93. The molecule has 0 aliphatic heterocycles. The second-order valence-electron chi connectivity index (χ2n) is 5.60. The predicted molar refractivity (Wildman–Crippen MR) is 90.2 cm³/mol. The van der Waals surface area contributed by atoms with Gasteiger partial charge in [0.05, 0.1) is 25.8 Å². The number of nitrogens with one attached hydrogen (secondary N) is 1. The minimum atomic E-state index is -0.281. The molecule has 1 saturated carbocycles. The standard InChI is InChI=1S/C17H26FNO2S/c1-20-15-11-17(22-9-3-7-18)16(21-2)10-14(15)6-8-19-12-13-4-5-13/h10-11,13,19H,3-9,12H2,1-2H3. The van der Waals surface area contributed by atoms with E-state index in [4.69, 9.17) is 9.47 Å². The van der Waals surface area contributed by atoms with Gasteiger partial charge in [-0.05, 0) is 62.4 Å². The van der Waals surface area contributed by atoms with Crippen LogP contribution in [0.3, 0.4) is 0 Å². The summed E-state index contributed by atoms with van der Waals surface area (Å²) in [7, 11) is 3.37. The Balaban J connectivity index is 1.97. The lowest BCUT2D eigenvalue weighted by molar-refractivity contribution is 0.390. The van der Waals surface area contributed by atoms with Crippen molar-refractivity contribution in [2.75, 3.05) is 39.7 Å². The molecule has 0 saturated heterocycles. The zero-order chi connectivity index (χ0) is 15.8. The van der Waals surface area contributed by atoms with Crippen LogP contribution in [0.2, 0.25) is 0 Å². The van der Waals surface area contributed by atoms with Crippen LogP contribution in [-0.2, 0) is 6.42 Å². The Morgan fingerprint density at radius 1 is 1.23 bits per heavy atom. The Labute approximate surface area is 137 Å². The van der Waals surface area contributed by atoms with Gasteiger partial charge in [0.15, 0.2) is 0 Å². The van der Waals surface area contributed by atoms with Crippen molar-refractivity contribution in [3.8, 4) is 11.5 Å². The molecule has 0 bridgehead atoms. The average molecular weight is 327 g/mol. The number of ether oxygens (including phenoxy) is 2. The highest BCUT2D eigenvalue weighted by atomic mass is 32.2. The van der Waals surface area contributed by atoms with Crippen LogP contribution in [0.1, 0.15) is 24.8 Å². The molecule has 1 aromatic rings. The summed E-state index contributed by atoms with van der Waals surface area (Å²) in [5, 5.41) is 3.50. The van der Waals surface area contributed by atoms with Crippen molar-refractivity contribution in [2.24, 2.45) is 5.92 Å². The summed E-state index contributed by atoms with van der Waals surface area (Å²) in [6.45, 7) is 1.79. The van der Waals surface area contributed by atoms with E-state index in [1.54, 1.807) is 26.0 Å². The van der Waals surface area contributed by atoms with E-state index in [0.29, 0.717) is 6.42 Å².